The zero-order valence-corrected chi connectivity index (χ0v) is 9.40. The third-order valence-corrected chi connectivity index (χ3v) is 1.94. The van der Waals surface area contributed by atoms with E-state index in [2.05, 4.69) is 5.18 Å². The summed E-state index contributed by atoms with van der Waals surface area (Å²) in [6.45, 7) is 5.99. The number of aromatic amines is 1. The standard InChI is InChI=1S/C9H14N4O3/c1-9(2,3)4-13-6(10)5(12-16)7(14)11-8(13)15/h4,10H2,1-3H3,(H,11,14,15). The number of H-pyrrole nitrogens is 1. The summed E-state index contributed by atoms with van der Waals surface area (Å²) in [4.78, 5) is 35.1. The van der Waals surface area contributed by atoms with Crippen LogP contribution in [-0.4, -0.2) is 9.55 Å². The first-order chi connectivity index (χ1) is 7.26. The van der Waals surface area contributed by atoms with Gasteiger partial charge in [-0.2, -0.15) is 0 Å². The van der Waals surface area contributed by atoms with Gasteiger partial charge in [-0.25, -0.2) is 4.79 Å². The Bertz CT molecular complexity index is 521. The number of nitrogens with zero attached hydrogens (tertiary/aromatic N) is 2. The van der Waals surface area contributed by atoms with E-state index in [-0.39, 0.29) is 17.8 Å². The second-order valence-electron chi connectivity index (χ2n) is 4.73. The molecule has 0 amide bonds. The first kappa shape index (κ1) is 12.2. The molecule has 1 heterocycles. The van der Waals surface area contributed by atoms with Crippen molar-refractivity contribution in [3.63, 3.8) is 0 Å². The van der Waals surface area contributed by atoms with Crippen molar-refractivity contribution in [3.05, 3.63) is 25.7 Å². The van der Waals surface area contributed by atoms with E-state index in [4.69, 9.17) is 5.73 Å². The quantitative estimate of drug-likeness (QED) is 0.718. The van der Waals surface area contributed by atoms with Crippen LogP contribution < -0.4 is 17.0 Å². The molecule has 0 aliphatic heterocycles. The Labute approximate surface area is 91.3 Å². The van der Waals surface area contributed by atoms with Crippen LogP contribution in [-0.2, 0) is 6.54 Å². The SMILES string of the molecule is CC(C)(C)Cn1c(N)c(N=O)c(=O)[nH]c1=O. The van der Waals surface area contributed by atoms with E-state index in [1.165, 1.54) is 0 Å². The lowest BCUT2D eigenvalue weighted by Crippen LogP contribution is -2.35. The van der Waals surface area contributed by atoms with E-state index in [0.29, 0.717) is 0 Å². The third kappa shape index (κ3) is 2.36. The highest BCUT2D eigenvalue weighted by Gasteiger charge is 2.18. The second kappa shape index (κ2) is 3.92. The molecule has 0 spiro atoms. The number of hydrogen-bond acceptors (Lipinski definition) is 5. The Kier molecular flexibility index (Phi) is 2.97. The molecule has 0 aliphatic carbocycles. The van der Waals surface area contributed by atoms with Crippen LogP contribution in [0.4, 0.5) is 11.5 Å². The van der Waals surface area contributed by atoms with Gasteiger partial charge >= 0.3 is 5.69 Å². The van der Waals surface area contributed by atoms with Crippen molar-refractivity contribution in [1.82, 2.24) is 9.55 Å². The normalized spacial score (nSPS) is 11.4. The fourth-order valence-corrected chi connectivity index (χ4v) is 1.30. The maximum atomic E-state index is 11.5. The van der Waals surface area contributed by atoms with Crippen LogP contribution in [0.1, 0.15) is 20.8 Å². The van der Waals surface area contributed by atoms with Gasteiger partial charge < -0.3 is 5.73 Å². The van der Waals surface area contributed by atoms with Gasteiger partial charge in [-0.15, -0.1) is 4.91 Å². The number of hydrogen-bond donors (Lipinski definition) is 2. The third-order valence-electron chi connectivity index (χ3n) is 1.94. The number of anilines is 1. The summed E-state index contributed by atoms with van der Waals surface area (Å²) < 4.78 is 1.14. The van der Waals surface area contributed by atoms with Gasteiger partial charge in [0.15, 0.2) is 0 Å². The average Bonchev–Trinajstić information content (AvgIpc) is 2.11. The van der Waals surface area contributed by atoms with Crippen LogP contribution in [0.15, 0.2) is 14.8 Å². The lowest BCUT2D eigenvalue weighted by Gasteiger charge is -2.20. The Balaban J connectivity index is 3.46. The van der Waals surface area contributed by atoms with Crippen molar-refractivity contribution < 1.29 is 0 Å². The minimum atomic E-state index is -0.859. The minimum absolute atomic E-state index is 0.196. The lowest BCUT2D eigenvalue weighted by atomic mass is 9.97. The van der Waals surface area contributed by atoms with Crippen LogP contribution in [0.5, 0.6) is 0 Å². The number of rotatable bonds is 2. The number of nitrogens with one attached hydrogen (secondary N) is 1. The Hall–Kier alpha value is -1.92. The van der Waals surface area contributed by atoms with E-state index in [1.807, 2.05) is 25.8 Å². The maximum Gasteiger partial charge on any atom is 0.330 e. The Morgan fingerprint density at radius 3 is 2.38 bits per heavy atom. The minimum Gasteiger partial charge on any atom is -0.383 e. The second-order valence-corrected chi connectivity index (χ2v) is 4.73. The molecule has 0 saturated heterocycles. The largest absolute Gasteiger partial charge is 0.383 e. The summed E-state index contributed by atoms with van der Waals surface area (Å²) in [7, 11) is 0. The summed E-state index contributed by atoms with van der Waals surface area (Å²) in [6, 6.07) is 0. The molecule has 0 radical (unpaired) electrons. The van der Waals surface area contributed by atoms with Crippen LogP contribution in [0, 0.1) is 10.3 Å². The summed E-state index contributed by atoms with van der Waals surface area (Å²) in [5.74, 6) is -0.196. The average molecular weight is 226 g/mol. The molecule has 0 unspecified atom stereocenters. The molecule has 0 bridgehead atoms. The predicted octanol–water partition coefficient (Wildman–Crippen LogP) is 0.563. The monoisotopic (exact) mass is 226 g/mol. The molecule has 1 aromatic heterocycles. The maximum absolute atomic E-state index is 11.5. The molecule has 0 aliphatic rings. The first-order valence-electron chi connectivity index (χ1n) is 4.72. The Morgan fingerprint density at radius 2 is 1.94 bits per heavy atom. The fraction of sp³-hybridized carbons (Fsp3) is 0.556. The molecule has 3 N–H and O–H groups in total. The van der Waals surface area contributed by atoms with Crippen LogP contribution in [0.25, 0.3) is 0 Å². The molecule has 0 atom stereocenters. The van der Waals surface area contributed by atoms with E-state index < -0.39 is 16.9 Å². The molecule has 1 aromatic rings. The molecule has 88 valence electrons. The van der Waals surface area contributed by atoms with Gasteiger partial charge in [-0.1, -0.05) is 20.8 Å². The van der Waals surface area contributed by atoms with Crippen molar-refractivity contribution in [1.29, 1.82) is 0 Å². The van der Waals surface area contributed by atoms with Gasteiger partial charge in [0.05, 0.1) is 0 Å². The first-order valence-corrected chi connectivity index (χ1v) is 4.72. The van der Waals surface area contributed by atoms with Crippen LogP contribution in [0.3, 0.4) is 0 Å². The van der Waals surface area contributed by atoms with Crippen LogP contribution in [0.2, 0.25) is 0 Å². The van der Waals surface area contributed by atoms with Gasteiger partial charge in [0.2, 0.25) is 5.69 Å². The van der Waals surface area contributed by atoms with Crippen molar-refractivity contribution in [2.75, 3.05) is 5.73 Å². The van der Waals surface area contributed by atoms with Gasteiger partial charge in [0.1, 0.15) is 5.82 Å². The van der Waals surface area contributed by atoms with Gasteiger partial charge in [0, 0.05) is 6.54 Å². The van der Waals surface area contributed by atoms with E-state index in [1.54, 1.807) is 0 Å². The van der Waals surface area contributed by atoms with E-state index in [0.717, 1.165) is 4.57 Å². The Morgan fingerprint density at radius 1 is 1.38 bits per heavy atom. The van der Waals surface area contributed by atoms with Crippen molar-refractivity contribution in [3.8, 4) is 0 Å². The zero-order chi connectivity index (χ0) is 12.5. The summed E-state index contributed by atoms with van der Waals surface area (Å²) >= 11 is 0. The molecule has 7 heteroatoms. The highest BCUT2D eigenvalue weighted by Crippen LogP contribution is 2.20. The fourth-order valence-electron chi connectivity index (χ4n) is 1.30. The van der Waals surface area contributed by atoms with Crippen molar-refractivity contribution in [2.45, 2.75) is 27.3 Å². The highest BCUT2D eigenvalue weighted by molar-refractivity contribution is 5.55. The van der Waals surface area contributed by atoms with Crippen LogP contribution >= 0.6 is 0 Å². The molecule has 0 aromatic carbocycles. The molecular formula is C9H14N4O3. The predicted molar refractivity (Wildman–Crippen MR) is 60.6 cm³/mol. The molecule has 0 saturated carbocycles. The molecule has 0 fully saturated rings. The number of nitroso groups, excluding NO2 is 1. The van der Waals surface area contributed by atoms with Gasteiger partial charge in [-0.05, 0) is 10.6 Å². The zero-order valence-electron chi connectivity index (χ0n) is 9.40. The number of aromatic nitrogens is 2. The van der Waals surface area contributed by atoms with E-state index >= 15 is 0 Å². The highest BCUT2D eigenvalue weighted by atomic mass is 16.3. The molecule has 7 nitrogen and oxygen atoms in total. The summed E-state index contributed by atoms with van der Waals surface area (Å²) in [5, 5.41) is 2.52. The van der Waals surface area contributed by atoms with Gasteiger partial charge in [0.25, 0.3) is 5.56 Å². The van der Waals surface area contributed by atoms with Crippen molar-refractivity contribution >= 4 is 11.5 Å². The van der Waals surface area contributed by atoms with Crippen molar-refractivity contribution in [2.24, 2.45) is 10.6 Å². The lowest BCUT2D eigenvalue weighted by molar-refractivity contribution is 0.338. The topological polar surface area (TPSA) is 110 Å². The molecule has 16 heavy (non-hydrogen) atoms. The summed E-state index contributed by atoms with van der Waals surface area (Å²) in [6.07, 6.45) is 0. The summed E-state index contributed by atoms with van der Waals surface area (Å²) in [5.41, 5.74) is 3.39. The number of nitrogen functional groups attached to an aromatic ring is 1. The molecule has 1 rings (SSSR count). The smallest absolute Gasteiger partial charge is 0.330 e. The van der Waals surface area contributed by atoms with Gasteiger partial charge in [-0.3, -0.25) is 14.3 Å². The molecular weight excluding hydrogens is 212 g/mol. The van der Waals surface area contributed by atoms with E-state index in [9.17, 15) is 14.5 Å². The number of nitrogens with two attached hydrogens (primary N) is 1.